The van der Waals surface area contributed by atoms with E-state index in [9.17, 15) is 9.59 Å². The van der Waals surface area contributed by atoms with E-state index in [1.165, 1.54) is 6.08 Å². The number of carbonyl (C=O) groups is 2. The predicted octanol–water partition coefficient (Wildman–Crippen LogP) is 1.50. The zero-order chi connectivity index (χ0) is 8.27. The van der Waals surface area contributed by atoms with Gasteiger partial charge in [-0.15, -0.1) is 0 Å². The number of rotatable bonds is 2. The average molecular weight is 152 g/mol. The third kappa shape index (κ3) is 1.76. The molecular weight excluding hydrogens is 140 g/mol. The monoisotopic (exact) mass is 152 g/mol. The van der Waals surface area contributed by atoms with E-state index in [0.717, 1.165) is 19.3 Å². The van der Waals surface area contributed by atoms with E-state index in [1.54, 1.807) is 0 Å². The Labute approximate surface area is 66.3 Å². The van der Waals surface area contributed by atoms with Gasteiger partial charge in [0.15, 0.2) is 5.78 Å². The molecular formula is C9H12O2. The Morgan fingerprint density at radius 2 is 2.27 bits per heavy atom. The van der Waals surface area contributed by atoms with Gasteiger partial charge in [0.25, 0.3) is 0 Å². The van der Waals surface area contributed by atoms with E-state index >= 15 is 0 Å². The molecule has 0 aliphatic heterocycles. The summed E-state index contributed by atoms with van der Waals surface area (Å²) in [5.74, 6) is -0.364. The molecule has 11 heavy (non-hydrogen) atoms. The maximum Gasteiger partial charge on any atom is 0.165 e. The minimum Gasteiger partial charge on any atom is -0.299 e. The highest BCUT2D eigenvalue weighted by Gasteiger charge is 2.26. The van der Waals surface area contributed by atoms with Crippen LogP contribution in [-0.4, -0.2) is 11.6 Å². The van der Waals surface area contributed by atoms with Gasteiger partial charge in [-0.2, -0.15) is 0 Å². The Morgan fingerprint density at radius 3 is 2.82 bits per heavy atom. The fourth-order valence-corrected chi connectivity index (χ4v) is 1.43. The van der Waals surface area contributed by atoms with Crippen LogP contribution in [0.4, 0.5) is 0 Å². The minimum atomic E-state index is -0.360. The largest absolute Gasteiger partial charge is 0.299 e. The Morgan fingerprint density at radius 1 is 1.55 bits per heavy atom. The van der Waals surface area contributed by atoms with Crippen molar-refractivity contribution in [3.8, 4) is 0 Å². The summed E-state index contributed by atoms with van der Waals surface area (Å²) in [6, 6.07) is 0. The summed E-state index contributed by atoms with van der Waals surface area (Å²) in [5.41, 5.74) is 0. The molecule has 1 saturated carbocycles. The van der Waals surface area contributed by atoms with Crippen molar-refractivity contribution in [2.45, 2.75) is 25.7 Å². The summed E-state index contributed by atoms with van der Waals surface area (Å²) in [5, 5.41) is 0. The Kier molecular flexibility index (Phi) is 2.58. The van der Waals surface area contributed by atoms with Crippen molar-refractivity contribution >= 4 is 11.6 Å². The summed E-state index contributed by atoms with van der Waals surface area (Å²) in [6.07, 6.45) is 4.50. The topological polar surface area (TPSA) is 34.1 Å². The fourth-order valence-electron chi connectivity index (χ4n) is 1.43. The number of carbonyl (C=O) groups excluding carboxylic acids is 2. The fraction of sp³-hybridized carbons (Fsp3) is 0.556. The molecule has 0 aromatic rings. The SMILES string of the molecule is C=CC(=O)C1CCCCC1=O. The van der Waals surface area contributed by atoms with Gasteiger partial charge in [0.2, 0.25) is 0 Å². The van der Waals surface area contributed by atoms with Gasteiger partial charge in [-0.1, -0.05) is 13.0 Å². The van der Waals surface area contributed by atoms with Crippen molar-refractivity contribution < 1.29 is 9.59 Å². The Hall–Kier alpha value is -0.920. The zero-order valence-electron chi connectivity index (χ0n) is 6.51. The van der Waals surface area contributed by atoms with Gasteiger partial charge in [-0.3, -0.25) is 9.59 Å². The summed E-state index contributed by atoms with van der Waals surface area (Å²) in [6.45, 7) is 3.37. The lowest BCUT2D eigenvalue weighted by molar-refractivity contribution is -0.131. The first kappa shape index (κ1) is 8.18. The van der Waals surface area contributed by atoms with Gasteiger partial charge in [-0.25, -0.2) is 0 Å². The first-order chi connectivity index (χ1) is 5.25. The van der Waals surface area contributed by atoms with Crippen LogP contribution in [0.1, 0.15) is 25.7 Å². The van der Waals surface area contributed by atoms with Crippen LogP contribution in [0.15, 0.2) is 12.7 Å². The highest BCUT2D eigenvalue weighted by atomic mass is 16.1. The number of hydrogen-bond acceptors (Lipinski definition) is 2. The van der Waals surface area contributed by atoms with Crippen LogP contribution in [0.3, 0.4) is 0 Å². The second-order valence-corrected chi connectivity index (χ2v) is 2.87. The highest BCUT2D eigenvalue weighted by molar-refractivity contribution is 6.07. The normalized spacial score (nSPS) is 24.7. The lowest BCUT2D eigenvalue weighted by Gasteiger charge is -2.17. The van der Waals surface area contributed by atoms with Crippen molar-refractivity contribution in [1.29, 1.82) is 0 Å². The summed E-state index contributed by atoms with van der Waals surface area (Å²) in [4.78, 5) is 22.2. The molecule has 0 bridgehead atoms. The van der Waals surface area contributed by atoms with E-state index in [0.29, 0.717) is 6.42 Å². The van der Waals surface area contributed by atoms with Gasteiger partial charge in [0.05, 0.1) is 5.92 Å². The molecule has 0 heterocycles. The van der Waals surface area contributed by atoms with Crippen molar-refractivity contribution in [3.63, 3.8) is 0 Å². The molecule has 0 amide bonds. The molecule has 1 fully saturated rings. The molecule has 1 unspecified atom stereocenters. The third-order valence-corrected chi connectivity index (χ3v) is 2.10. The van der Waals surface area contributed by atoms with E-state index < -0.39 is 0 Å². The van der Waals surface area contributed by atoms with Gasteiger partial charge >= 0.3 is 0 Å². The van der Waals surface area contributed by atoms with E-state index in [4.69, 9.17) is 0 Å². The lowest BCUT2D eigenvalue weighted by atomic mass is 9.85. The van der Waals surface area contributed by atoms with Crippen molar-refractivity contribution in [2.75, 3.05) is 0 Å². The molecule has 0 radical (unpaired) electrons. The molecule has 2 heteroatoms. The highest BCUT2D eigenvalue weighted by Crippen LogP contribution is 2.21. The van der Waals surface area contributed by atoms with Crippen LogP contribution in [0.25, 0.3) is 0 Å². The standard InChI is InChI=1S/C9H12O2/c1-2-8(10)7-5-3-4-6-9(7)11/h2,7H,1,3-6H2. The average Bonchev–Trinajstić information content (AvgIpc) is 2.04. The predicted molar refractivity (Wildman–Crippen MR) is 42.2 cm³/mol. The molecule has 0 aromatic carbocycles. The van der Waals surface area contributed by atoms with Crippen LogP contribution in [-0.2, 0) is 9.59 Å². The van der Waals surface area contributed by atoms with Crippen molar-refractivity contribution in [2.24, 2.45) is 5.92 Å². The molecule has 0 aromatic heterocycles. The number of ketones is 2. The van der Waals surface area contributed by atoms with E-state index in [-0.39, 0.29) is 17.5 Å². The van der Waals surface area contributed by atoms with Crippen molar-refractivity contribution in [3.05, 3.63) is 12.7 Å². The maximum absolute atomic E-state index is 11.1. The zero-order valence-corrected chi connectivity index (χ0v) is 6.51. The lowest BCUT2D eigenvalue weighted by Crippen LogP contribution is -2.25. The molecule has 2 nitrogen and oxygen atoms in total. The van der Waals surface area contributed by atoms with Crippen molar-refractivity contribution in [1.82, 2.24) is 0 Å². The van der Waals surface area contributed by atoms with Gasteiger partial charge < -0.3 is 0 Å². The second kappa shape index (κ2) is 3.46. The molecule has 1 aliphatic carbocycles. The summed E-state index contributed by atoms with van der Waals surface area (Å²) in [7, 11) is 0. The Bertz CT molecular complexity index is 194. The van der Waals surface area contributed by atoms with Crippen LogP contribution < -0.4 is 0 Å². The van der Waals surface area contributed by atoms with Gasteiger partial charge in [0, 0.05) is 6.42 Å². The quantitative estimate of drug-likeness (QED) is 0.444. The second-order valence-electron chi connectivity index (χ2n) is 2.87. The molecule has 1 rings (SSSR count). The molecule has 0 N–H and O–H groups in total. The number of allylic oxidation sites excluding steroid dienone is 1. The maximum atomic E-state index is 11.1. The van der Waals surface area contributed by atoms with E-state index in [2.05, 4.69) is 6.58 Å². The van der Waals surface area contributed by atoms with E-state index in [1.807, 2.05) is 0 Å². The Balaban J connectivity index is 2.61. The third-order valence-electron chi connectivity index (χ3n) is 2.10. The van der Waals surface area contributed by atoms with Crippen LogP contribution in [0.5, 0.6) is 0 Å². The molecule has 1 atom stereocenters. The van der Waals surface area contributed by atoms with Crippen LogP contribution >= 0.6 is 0 Å². The van der Waals surface area contributed by atoms with Gasteiger partial charge in [0.1, 0.15) is 5.78 Å². The minimum absolute atomic E-state index is 0.0983. The van der Waals surface area contributed by atoms with Gasteiger partial charge in [-0.05, 0) is 18.9 Å². The van der Waals surface area contributed by atoms with Crippen LogP contribution in [0.2, 0.25) is 0 Å². The smallest absolute Gasteiger partial charge is 0.165 e. The summed E-state index contributed by atoms with van der Waals surface area (Å²) >= 11 is 0. The number of hydrogen-bond donors (Lipinski definition) is 0. The molecule has 0 spiro atoms. The van der Waals surface area contributed by atoms with Crippen LogP contribution in [0, 0.1) is 5.92 Å². The summed E-state index contributed by atoms with van der Waals surface area (Å²) < 4.78 is 0. The molecule has 60 valence electrons. The molecule has 1 aliphatic rings. The first-order valence-corrected chi connectivity index (χ1v) is 3.94. The first-order valence-electron chi connectivity index (χ1n) is 3.94. The number of Topliss-reactive ketones (excluding diaryl/α,β-unsaturated/α-hetero) is 1. The molecule has 0 saturated heterocycles.